The minimum Gasteiger partial charge on any atom is -0.460 e. The highest BCUT2D eigenvalue weighted by molar-refractivity contribution is 8.00. The van der Waals surface area contributed by atoms with Crippen molar-refractivity contribution in [3.63, 3.8) is 0 Å². The maximum Gasteiger partial charge on any atom is 0.319 e. The summed E-state index contributed by atoms with van der Waals surface area (Å²) in [5.74, 6) is -0.362. The molecule has 0 aliphatic heterocycles. The fourth-order valence-electron chi connectivity index (χ4n) is 1.98. The Kier molecular flexibility index (Phi) is 6.17. The molecule has 0 saturated heterocycles. The number of thioether (sulfide) groups is 1. The monoisotopic (exact) mass is 331 g/mol. The summed E-state index contributed by atoms with van der Waals surface area (Å²) in [6.45, 7) is 2.06. The van der Waals surface area contributed by atoms with Gasteiger partial charge in [0.15, 0.2) is 0 Å². The number of esters is 1. The van der Waals surface area contributed by atoms with E-state index in [1.54, 1.807) is 18.2 Å². The van der Waals surface area contributed by atoms with E-state index in [-0.39, 0.29) is 18.3 Å². The molecule has 0 radical (unpaired) electrons. The van der Waals surface area contributed by atoms with E-state index in [0.29, 0.717) is 11.3 Å². The van der Waals surface area contributed by atoms with E-state index >= 15 is 0 Å². The van der Waals surface area contributed by atoms with Crippen molar-refractivity contribution >= 4 is 23.4 Å². The number of para-hydroxylation sites is 1. The molecule has 2 rings (SSSR count). The maximum absolute atomic E-state index is 12.2. The first-order chi connectivity index (χ1) is 11.1. The largest absolute Gasteiger partial charge is 0.460 e. The summed E-state index contributed by atoms with van der Waals surface area (Å²) in [7, 11) is 0. The average molecular weight is 331 g/mol. The molecule has 120 valence electrons. The molecule has 23 heavy (non-hydrogen) atoms. The Morgan fingerprint density at radius 1 is 1.17 bits per heavy atom. The van der Waals surface area contributed by atoms with Crippen molar-refractivity contribution in [2.75, 3.05) is 0 Å². The summed E-state index contributed by atoms with van der Waals surface area (Å²) in [6, 6.07) is 15.8. The van der Waals surface area contributed by atoms with Gasteiger partial charge >= 0.3 is 5.97 Å². The van der Waals surface area contributed by atoms with Crippen molar-refractivity contribution in [3.8, 4) is 0 Å². The van der Waals surface area contributed by atoms with E-state index in [4.69, 9.17) is 4.74 Å². The van der Waals surface area contributed by atoms with Gasteiger partial charge in [-0.2, -0.15) is 0 Å². The number of nitro groups is 1. The van der Waals surface area contributed by atoms with Crippen molar-refractivity contribution in [2.24, 2.45) is 0 Å². The Labute approximate surface area is 138 Å². The second kappa shape index (κ2) is 8.33. The van der Waals surface area contributed by atoms with Crippen LogP contribution in [0.1, 0.15) is 18.9 Å². The van der Waals surface area contributed by atoms with E-state index in [9.17, 15) is 14.9 Å². The summed E-state index contributed by atoms with van der Waals surface area (Å²) in [5, 5.41) is 10.6. The summed E-state index contributed by atoms with van der Waals surface area (Å²) >= 11 is 1.17. The van der Waals surface area contributed by atoms with Crippen LogP contribution in [0.5, 0.6) is 0 Å². The smallest absolute Gasteiger partial charge is 0.319 e. The quantitative estimate of drug-likeness (QED) is 0.329. The zero-order valence-corrected chi connectivity index (χ0v) is 13.5. The van der Waals surface area contributed by atoms with Gasteiger partial charge in [0, 0.05) is 6.07 Å². The lowest BCUT2D eigenvalue weighted by atomic mass is 10.2. The maximum atomic E-state index is 12.2. The number of hydrogen-bond donors (Lipinski definition) is 0. The van der Waals surface area contributed by atoms with Gasteiger partial charge < -0.3 is 4.74 Å². The van der Waals surface area contributed by atoms with E-state index in [1.165, 1.54) is 17.8 Å². The van der Waals surface area contributed by atoms with Gasteiger partial charge in [0.2, 0.25) is 0 Å². The molecule has 2 aromatic carbocycles. The lowest BCUT2D eigenvalue weighted by molar-refractivity contribution is -0.387. The van der Waals surface area contributed by atoms with Crippen molar-refractivity contribution in [3.05, 3.63) is 70.3 Å². The third-order valence-corrected chi connectivity index (χ3v) is 4.60. The zero-order chi connectivity index (χ0) is 16.7. The third kappa shape index (κ3) is 4.82. The Hall–Kier alpha value is -2.34. The number of carbonyl (C=O) groups excluding carboxylic acids is 1. The number of rotatable bonds is 7. The summed E-state index contributed by atoms with van der Waals surface area (Å²) in [4.78, 5) is 23.3. The van der Waals surface area contributed by atoms with Gasteiger partial charge in [-0.25, -0.2) is 0 Å². The highest BCUT2D eigenvalue weighted by Gasteiger charge is 2.23. The second-order valence-electron chi connectivity index (χ2n) is 4.83. The highest BCUT2D eigenvalue weighted by atomic mass is 32.2. The first-order valence-electron chi connectivity index (χ1n) is 7.22. The summed E-state index contributed by atoms with van der Waals surface area (Å²) in [5.41, 5.74) is 0.915. The molecule has 0 aliphatic carbocycles. The lowest BCUT2D eigenvalue weighted by Crippen LogP contribution is -2.19. The van der Waals surface area contributed by atoms with Crippen LogP contribution in [0.2, 0.25) is 0 Å². The van der Waals surface area contributed by atoms with E-state index in [0.717, 1.165) is 5.56 Å². The van der Waals surface area contributed by atoms with Crippen molar-refractivity contribution < 1.29 is 14.5 Å². The van der Waals surface area contributed by atoms with Crippen LogP contribution in [-0.2, 0) is 16.1 Å². The van der Waals surface area contributed by atoms with Gasteiger partial charge in [0.05, 0.1) is 9.82 Å². The van der Waals surface area contributed by atoms with Gasteiger partial charge in [-0.1, -0.05) is 49.4 Å². The van der Waals surface area contributed by atoms with Crippen molar-refractivity contribution in [1.82, 2.24) is 0 Å². The summed E-state index contributed by atoms with van der Waals surface area (Å²) in [6.07, 6.45) is 0.532. The van der Waals surface area contributed by atoms with Crippen LogP contribution >= 0.6 is 11.8 Å². The predicted octanol–water partition coefficient (Wildman–Crippen LogP) is 4.21. The molecule has 1 atom stereocenters. The normalized spacial score (nSPS) is 11.7. The number of nitro benzene ring substituents is 1. The molecule has 2 aromatic rings. The second-order valence-corrected chi connectivity index (χ2v) is 6.08. The lowest BCUT2D eigenvalue weighted by Gasteiger charge is -2.14. The topological polar surface area (TPSA) is 69.4 Å². The molecule has 1 unspecified atom stereocenters. The van der Waals surface area contributed by atoms with Crippen molar-refractivity contribution in [2.45, 2.75) is 30.1 Å². The fourth-order valence-corrected chi connectivity index (χ4v) is 3.04. The molecule has 0 bridgehead atoms. The van der Waals surface area contributed by atoms with Gasteiger partial charge in [-0.15, -0.1) is 11.8 Å². The number of nitrogens with zero attached hydrogens (tertiary/aromatic N) is 1. The molecule has 0 aliphatic rings. The van der Waals surface area contributed by atoms with Gasteiger partial charge in [-0.3, -0.25) is 14.9 Å². The predicted molar refractivity (Wildman–Crippen MR) is 89.3 cm³/mol. The van der Waals surface area contributed by atoms with E-state index in [1.807, 2.05) is 37.3 Å². The minimum atomic E-state index is -0.472. The molecule has 6 heteroatoms. The number of carbonyl (C=O) groups is 1. The molecular weight excluding hydrogens is 314 g/mol. The number of hydrogen-bond acceptors (Lipinski definition) is 5. The number of benzene rings is 2. The molecule has 0 spiro atoms. The Morgan fingerprint density at radius 2 is 1.83 bits per heavy atom. The van der Waals surface area contributed by atoms with E-state index in [2.05, 4.69) is 0 Å². The SMILES string of the molecule is CCC(Sc1ccccc1[N+](=O)[O-])C(=O)OCc1ccccc1. The van der Waals surface area contributed by atoms with Gasteiger partial charge in [-0.05, 0) is 18.1 Å². The standard InChI is InChI=1S/C17H17NO4S/c1-2-15(17(19)22-12-13-8-4-3-5-9-13)23-16-11-7-6-10-14(16)18(20)21/h3-11,15H,2,12H2,1H3. The molecule has 0 saturated carbocycles. The molecule has 0 N–H and O–H groups in total. The van der Waals surface area contributed by atoms with Crippen LogP contribution in [0.3, 0.4) is 0 Å². The van der Waals surface area contributed by atoms with E-state index < -0.39 is 10.2 Å². The minimum absolute atomic E-state index is 0.00630. The van der Waals surface area contributed by atoms with Gasteiger partial charge in [0.25, 0.3) is 5.69 Å². The average Bonchev–Trinajstić information content (AvgIpc) is 2.58. The first kappa shape index (κ1) is 17.0. The molecule has 5 nitrogen and oxygen atoms in total. The summed E-state index contributed by atoms with van der Waals surface area (Å²) < 4.78 is 5.32. The zero-order valence-electron chi connectivity index (χ0n) is 12.7. The Balaban J connectivity index is 2.02. The molecular formula is C17H17NO4S. The van der Waals surface area contributed by atoms with Crippen LogP contribution in [0.4, 0.5) is 5.69 Å². The third-order valence-electron chi connectivity index (χ3n) is 3.19. The fraction of sp³-hybridized carbons (Fsp3) is 0.235. The molecule has 0 fully saturated rings. The van der Waals surface area contributed by atoms with Gasteiger partial charge in [0.1, 0.15) is 11.9 Å². The first-order valence-corrected chi connectivity index (χ1v) is 8.10. The Morgan fingerprint density at radius 3 is 2.48 bits per heavy atom. The Bertz CT molecular complexity index is 675. The van der Waals surface area contributed by atoms with Crippen molar-refractivity contribution in [1.29, 1.82) is 0 Å². The van der Waals surface area contributed by atoms with Crippen LogP contribution in [-0.4, -0.2) is 16.1 Å². The van der Waals surface area contributed by atoms with Crippen LogP contribution < -0.4 is 0 Å². The molecule has 0 aromatic heterocycles. The molecule has 0 heterocycles. The van der Waals surface area contributed by atoms with Crippen LogP contribution in [0.15, 0.2) is 59.5 Å². The van der Waals surface area contributed by atoms with Crippen LogP contribution in [0.25, 0.3) is 0 Å². The van der Waals surface area contributed by atoms with Crippen LogP contribution in [0, 0.1) is 10.1 Å². The highest BCUT2D eigenvalue weighted by Crippen LogP contribution is 2.33. The number of ether oxygens (including phenoxy) is 1. The molecule has 0 amide bonds.